The first-order valence-corrected chi connectivity index (χ1v) is 6.60. The molecule has 1 heterocycles. The molecule has 20 heavy (non-hydrogen) atoms. The lowest BCUT2D eigenvalue weighted by atomic mass is 10.2. The molecule has 0 aliphatic rings. The Morgan fingerprint density at radius 3 is 2.85 bits per heavy atom. The van der Waals surface area contributed by atoms with Gasteiger partial charge in [-0.1, -0.05) is 11.2 Å². The van der Waals surface area contributed by atoms with Crippen LogP contribution in [0.4, 0.5) is 0 Å². The van der Waals surface area contributed by atoms with E-state index in [1.165, 1.54) is 12.1 Å². The molecule has 0 fully saturated rings. The van der Waals surface area contributed by atoms with E-state index in [1.807, 2.05) is 17.7 Å². The fraction of sp³-hybridized carbons (Fsp3) is 0.143. The standard InChI is InChI=1S/C14H14N2O2S.BrH/c1-3-8-16-14(19-10(2)15-16)7-5-11-4-6-12(17)9-13(11)18;/h3-7,9H,1,8H2,2H3,(H-,17,18);1H. The monoisotopic (exact) mass is 354 g/mol. The maximum absolute atomic E-state index is 9.70. The van der Waals surface area contributed by atoms with Crippen molar-refractivity contribution in [2.45, 2.75) is 13.5 Å². The molecule has 6 heteroatoms. The average molecular weight is 355 g/mol. The minimum absolute atomic E-state index is 0. The van der Waals surface area contributed by atoms with Crippen LogP contribution in [0.25, 0.3) is 12.2 Å². The Kier molecular flexibility index (Phi) is 5.91. The largest absolute Gasteiger partial charge is 1.00 e. The van der Waals surface area contributed by atoms with Gasteiger partial charge in [0.15, 0.2) is 0 Å². The molecule has 106 valence electrons. The van der Waals surface area contributed by atoms with Crippen LogP contribution in [-0.2, 0) is 6.54 Å². The zero-order valence-electron chi connectivity index (χ0n) is 11.0. The summed E-state index contributed by atoms with van der Waals surface area (Å²) in [7, 11) is 0. The molecule has 0 saturated carbocycles. The van der Waals surface area contributed by atoms with Crippen molar-refractivity contribution >= 4 is 23.5 Å². The highest BCUT2D eigenvalue weighted by molar-refractivity contribution is 7.12. The topological polar surface area (TPSA) is 58.3 Å². The van der Waals surface area contributed by atoms with Crippen molar-refractivity contribution in [2.75, 3.05) is 0 Å². The molecule has 2 N–H and O–H groups in total. The van der Waals surface area contributed by atoms with Crippen LogP contribution in [0.2, 0.25) is 0 Å². The molecule has 0 aliphatic carbocycles. The van der Waals surface area contributed by atoms with Crippen molar-refractivity contribution in [2.24, 2.45) is 0 Å². The quantitative estimate of drug-likeness (QED) is 0.613. The van der Waals surface area contributed by atoms with Gasteiger partial charge in [0.25, 0.3) is 0 Å². The number of allylic oxidation sites excluding steroid dienone is 1. The maximum atomic E-state index is 9.70. The highest BCUT2D eigenvalue weighted by Crippen LogP contribution is 2.25. The predicted octanol–water partition coefficient (Wildman–Crippen LogP) is 0.306. The van der Waals surface area contributed by atoms with Crippen molar-refractivity contribution in [3.63, 3.8) is 0 Å². The molecule has 1 aromatic carbocycles. The summed E-state index contributed by atoms with van der Waals surface area (Å²) in [5, 5.41) is 25.2. The van der Waals surface area contributed by atoms with Crippen LogP contribution in [0.1, 0.15) is 15.6 Å². The molecule has 0 aliphatic heterocycles. The average Bonchev–Trinajstić information content (AvgIpc) is 2.69. The van der Waals surface area contributed by atoms with Gasteiger partial charge in [-0.05, 0) is 12.1 Å². The number of hydrogen-bond acceptors (Lipinski definition) is 4. The summed E-state index contributed by atoms with van der Waals surface area (Å²) in [5.41, 5.74) is 0.647. The van der Waals surface area contributed by atoms with Crippen molar-refractivity contribution in [3.8, 4) is 11.5 Å². The number of phenols is 2. The van der Waals surface area contributed by atoms with Crippen LogP contribution in [0.15, 0.2) is 30.9 Å². The minimum Gasteiger partial charge on any atom is -1.00 e. The Balaban J connectivity index is 0.00000200. The molecule has 0 saturated heterocycles. The van der Waals surface area contributed by atoms with E-state index in [0.717, 1.165) is 10.0 Å². The Morgan fingerprint density at radius 1 is 1.45 bits per heavy atom. The predicted molar refractivity (Wildman–Crippen MR) is 78.1 cm³/mol. The SMILES string of the molecule is C=CCn1nc(C)s[c+]1C=Cc1ccc(O)cc1O.[Br-]. The molecule has 2 aromatic rings. The maximum Gasteiger partial charge on any atom is 0.220 e. The van der Waals surface area contributed by atoms with Crippen molar-refractivity contribution in [3.05, 3.63) is 46.4 Å². The van der Waals surface area contributed by atoms with Gasteiger partial charge in [-0.15, -0.1) is 6.58 Å². The molecule has 4 nitrogen and oxygen atoms in total. The fourth-order valence-electron chi connectivity index (χ4n) is 1.65. The van der Waals surface area contributed by atoms with Gasteiger partial charge in [0, 0.05) is 30.4 Å². The Labute approximate surface area is 132 Å². The molecule has 0 radical (unpaired) electrons. The summed E-state index contributed by atoms with van der Waals surface area (Å²) >= 11 is 1.57. The van der Waals surface area contributed by atoms with Gasteiger partial charge in [-0.3, -0.25) is 0 Å². The van der Waals surface area contributed by atoms with E-state index in [1.54, 1.807) is 29.6 Å². The van der Waals surface area contributed by atoms with Crippen LogP contribution in [0, 0.1) is 6.92 Å². The Morgan fingerprint density at radius 2 is 2.20 bits per heavy atom. The minimum atomic E-state index is 0. The van der Waals surface area contributed by atoms with E-state index in [9.17, 15) is 10.2 Å². The number of phenolic OH excluding ortho intramolecular Hbond substituents is 2. The number of halogens is 1. The van der Waals surface area contributed by atoms with Crippen LogP contribution < -0.4 is 17.0 Å². The van der Waals surface area contributed by atoms with Crippen LogP contribution in [0.5, 0.6) is 11.5 Å². The van der Waals surface area contributed by atoms with Gasteiger partial charge in [0.05, 0.1) is 18.2 Å². The van der Waals surface area contributed by atoms with E-state index < -0.39 is 0 Å². The first kappa shape index (κ1) is 16.4. The lowest BCUT2D eigenvalue weighted by Crippen LogP contribution is -3.00. The Bertz CT molecular complexity index is 638. The van der Waals surface area contributed by atoms with Crippen molar-refractivity contribution in [1.82, 2.24) is 9.78 Å². The van der Waals surface area contributed by atoms with E-state index >= 15 is 0 Å². The summed E-state index contributed by atoms with van der Waals surface area (Å²) in [5.74, 6) is 0.0952. The Hall–Kier alpha value is -1.66. The number of aromatic nitrogens is 2. The number of aromatic hydroxyl groups is 2. The second kappa shape index (κ2) is 7.21. The second-order valence-corrected chi connectivity index (χ2v) is 5.22. The molecule has 0 bridgehead atoms. The van der Waals surface area contributed by atoms with E-state index in [0.29, 0.717) is 12.1 Å². The van der Waals surface area contributed by atoms with Crippen LogP contribution in [-0.4, -0.2) is 20.0 Å². The second-order valence-electron chi connectivity index (χ2n) is 4.01. The lowest BCUT2D eigenvalue weighted by molar-refractivity contribution is -0.00000601. The summed E-state index contributed by atoms with van der Waals surface area (Å²) < 4.78 is 1.85. The highest BCUT2D eigenvalue weighted by atomic mass is 79.9. The number of rotatable bonds is 4. The first-order valence-electron chi connectivity index (χ1n) is 5.78. The first-order chi connectivity index (χ1) is 9.10. The molecule has 0 atom stereocenters. The summed E-state index contributed by atoms with van der Waals surface area (Å²) in [6.07, 6.45) is 5.47. The zero-order valence-corrected chi connectivity index (χ0v) is 13.4. The number of aryl methyl sites for hydroxylation is 1. The molecule has 0 amide bonds. The molecule has 0 unspecified atom stereocenters. The normalized spacial score (nSPS) is 10.4. The third kappa shape index (κ3) is 3.91. The summed E-state index contributed by atoms with van der Waals surface area (Å²) in [6.45, 7) is 6.29. The zero-order chi connectivity index (χ0) is 13.8. The molecular weight excluding hydrogens is 340 g/mol. The smallest absolute Gasteiger partial charge is 0.220 e. The van der Waals surface area contributed by atoms with Gasteiger partial charge in [0.1, 0.15) is 11.5 Å². The van der Waals surface area contributed by atoms with Crippen LogP contribution >= 0.6 is 11.3 Å². The van der Waals surface area contributed by atoms with Crippen LogP contribution in [0.3, 0.4) is 0 Å². The number of benzene rings is 1. The third-order valence-electron chi connectivity index (χ3n) is 2.49. The summed E-state index contributed by atoms with van der Waals surface area (Å²) in [6, 6.07) is 4.51. The molecule has 2 rings (SSSR count). The molecular formula is C14H15BrN2O2S. The van der Waals surface area contributed by atoms with E-state index in [-0.39, 0.29) is 28.5 Å². The number of hydrogen-bond donors (Lipinski definition) is 2. The van der Waals surface area contributed by atoms with Gasteiger partial charge in [-0.2, -0.15) is 4.68 Å². The highest BCUT2D eigenvalue weighted by Gasteiger charge is 2.10. The lowest BCUT2D eigenvalue weighted by Gasteiger charge is -1.96. The van der Waals surface area contributed by atoms with Gasteiger partial charge >= 0.3 is 0 Å². The van der Waals surface area contributed by atoms with Gasteiger partial charge in [0.2, 0.25) is 10.0 Å². The van der Waals surface area contributed by atoms with E-state index in [4.69, 9.17) is 0 Å². The fourth-order valence-corrected chi connectivity index (χ4v) is 2.45. The van der Waals surface area contributed by atoms with Gasteiger partial charge in [-0.25, -0.2) is 0 Å². The summed E-state index contributed by atoms with van der Waals surface area (Å²) in [4.78, 5) is 0. The van der Waals surface area contributed by atoms with Gasteiger partial charge < -0.3 is 27.2 Å². The third-order valence-corrected chi connectivity index (χ3v) is 3.42. The van der Waals surface area contributed by atoms with Crippen molar-refractivity contribution in [1.29, 1.82) is 0 Å². The molecule has 0 spiro atoms. The molecule has 1 aromatic heterocycles. The van der Waals surface area contributed by atoms with E-state index in [2.05, 4.69) is 11.7 Å². The van der Waals surface area contributed by atoms with Crippen molar-refractivity contribution < 1.29 is 27.2 Å². The number of nitrogens with zero attached hydrogens (tertiary/aromatic N) is 2.